The van der Waals surface area contributed by atoms with E-state index in [9.17, 15) is 14.7 Å². The van der Waals surface area contributed by atoms with Crippen molar-refractivity contribution in [3.05, 3.63) is 95.1 Å². The molecule has 1 N–H and O–H groups in total. The number of aliphatic hydroxyl groups is 1. The fourth-order valence-corrected chi connectivity index (χ4v) is 4.75. The Labute approximate surface area is 230 Å². The van der Waals surface area contributed by atoms with Gasteiger partial charge in [-0.15, -0.1) is 0 Å². The third-order valence-electron chi connectivity index (χ3n) is 7.01. The molecule has 0 aliphatic carbocycles. The molecule has 1 heterocycles. The molecule has 0 saturated carbocycles. The molecule has 1 saturated heterocycles. The lowest BCUT2D eigenvalue weighted by atomic mass is 9.87. The number of unbranched alkanes of at least 4 members (excludes halogenated alkanes) is 2. The molecule has 0 spiro atoms. The van der Waals surface area contributed by atoms with Gasteiger partial charge < -0.3 is 14.6 Å². The average molecular weight is 528 g/mol. The number of ketones is 1. The van der Waals surface area contributed by atoms with E-state index < -0.39 is 17.7 Å². The van der Waals surface area contributed by atoms with Gasteiger partial charge in [-0.25, -0.2) is 0 Å². The highest BCUT2D eigenvalue weighted by atomic mass is 16.5. The maximum absolute atomic E-state index is 13.5. The number of nitrogens with zero attached hydrogens (tertiary/aromatic N) is 1. The largest absolute Gasteiger partial charge is 0.507 e. The van der Waals surface area contributed by atoms with Crippen molar-refractivity contribution in [3.63, 3.8) is 0 Å². The quantitative estimate of drug-likeness (QED) is 0.138. The van der Waals surface area contributed by atoms with Crippen LogP contribution in [0.1, 0.15) is 69.7 Å². The third-order valence-corrected chi connectivity index (χ3v) is 7.01. The smallest absolute Gasteiger partial charge is 0.300 e. The summed E-state index contributed by atoms with van der Waals surface area (Å²) >= 11 is 0. The maximum Gasteiger partial charge on any atom is 0.300 e. The first-order chi connectivity index (χ1) is 18.7. The summed E-state index contributed by atoms with van der Waals surface area (Å²) in [6, 6.07) is 21.0. The van der Waals surface area contributed by atoms with Crippen LogP contribution in [0, 0.1) is 0 Å². The highest BCUT2D eigenvalue weighted by Crippen LogP contribution is 2.43. The van der Waals surface area contributed by atoms with E-state index in [2.05, 4.69) is 27.7 Å². The molecule has 1 unspecified atom stereocenters. The topological polar surface area (TPSA) is 76.1 Å². The zero-order valence-corrected chi connectivity index (χ0v) is 23.4. The van der Waals surface area contributed by atoms with Gasteiger partial charge in [0.15, 0.2) is 0 Å². The number of methoxy groups -OCH3 is 1. The van der Waals surface area contributed by atoms with E-state index >= 15 is 0 Å². The van der Waals surface area contributed by atoms with Crippen LogP contribution in [0.15, 0.2) is 78.4 Å². The van der Waals surface area contributed by atoms with Gasteiger partial charge in [0.1, 0.15) is 17.3 Å². The van der Waals surface area contributed by atoms with Gasteiger partial charge in [-0.2, -0.15) is 0 Å². The highest BCUT2D eigenvalue weighted by Gasteiger charge is 2.47. The van der Waals surface area contributed by atoms with E-state index in [4.69, 9.17) is 9.47 Å². The van der Waals surface area contributed by atoms with E-state index in [1.54, 1.807) is 43.5 Å². The molecule has 1 aliphatic rings. The second kappa shape index (κ2) is 11.8. The van der Waals surface area contributed by atoms with Gasteiger partial charge in [-0.1, -0.05) is 64.8 Å². The van der Waals surface area contributed by atoms with E-state index in [1.165, 1.54) is 4.90 Å². The number of rotatable bonds is 9. The molecule has 204 valence electrons. The minimum atomic E-state index is -0.828. The lowest BCUT2D eigenvalue weighted by Gasteiger charge is -2.27. The van der Waals surface area contributed by atoms with Gasteiger partial charge in [-0.3, -0.25) is 14.5 Å². The Morgan fingerprint density at radius 3 is 2.23 bits per heavy atom. The first kappa shape index (κ1) is 28.0. The monoisotopic (exact) mass is 527 g/mol. The van der Waals surface area contributed by atoms with Crippen LogP contribution in [0.4, 0.5) is 5.69 Å². The van der Waals surface area contributed by atoms with E-state index in [0.29, 0.717) is 34.9 Å². The Hall–Kier alpha value is -4.06. The maximum atomic E-state index is 13.5. The fraction of sp³-hybridized carbons (Fsp3) is 0.333. The van der Waals surface area contributed by atoms with Crippen LogP contribution in [-0.4, -0.2) is 30.5 Å². The van der Waals surface area contributed by atoms with Gasteiger partial charge in [-0.05, 0) is 71.5 Å². The molecule has 1 aliphatic heterocycles. The first-order valence-corrected chi connectivity index (χ1v) is 13.4. The number of aliphatic hydroxyl groups excluding tert-OH is 1. The van der Waals surface area contributed by atoms with Crippen molar-refractivity contribution >= 4 is 23.1 Å². The summed E-state index contributed by atoms with van der Waals surface area (Å²) < 4.78 is 11.2. The van der Waals surface area contributed by atoms with Crippen LogP contribution in [0.5, 0.6) is 11.5 Å². The number of hydrogen-bond donors (Lipinski definition) is 1. The summed E-state index contributed by atoms with van der Waals surface area (Å²) in [5.74, 6) is -0.381. The number of Topliss-reactive ketones (excluding diaryl/α,β-unsaturated/α-hetero) is 1. The van der Waals surface area contributed by atoms with Gasteiger partial charge in [0.05, 0.1) is 25.3 Å². The van der Waals surface area contributed by atoms with Crippen molar-refractivity contribution in [2.75, 3.05) is 18.6 Å². The third kappa shape index (κ3) is 6.00. The predicted octanol–water partition coefficient (Wildman–Crippen LogP) is 7.19. The second-order valence-electron chi connectivity index (χ2n) is 10.8. The Balaban J connectivity index is 1.77. The van der Waals surface area contributed by atoms with Crippen LogP contribution >= 0.6 is 0 Å². The summed E-state index contributed by atoms with van der Waals surface area (Å²) in [7, 11) is 1.56. The molecular weight excluding hydrogens is 490 g/mol. The molecule has 1 fully saturated rings. The minimum Gasteiger partial charge on any atom is -0.507 e. The first-order valence-electron chi connectivity index (χ1n) is 13.4. The van der Waals surface area contributed by atoms with E-state index in [-0.39, 0.29) is 16.7 Å². The molecule has 39 heavy (non-hydrogen) atoms. The Morgan fingerprint density at radius 2 is 1.62 bits per heavy atom. The molecule has 1 atom stereocenters. The van der Waals surface area contributed by atoms with Crippen molar-refractivity contribution in [1.82, 2.24) is 0 Å². The Morgan fingerprint density at radius 1 is 0.923 bits per heavy atom. The molecule has 0 aromatic heterocycles. The van der Waals surface area contributed by atoms with E-state index in [1.807, 2.05) is 36.4 Å². The van der Waals surface area contributed by atoms with Crippen molar-refractivity contribution in [2.24, 2.45) is 0 Å². The standard InChI is InChI=1S/C33H37NO5/c1-6-7-8-20-39-26-18-12-22(13-19-26)30(35)28-29(23-10-9-11-27(21-23)38-5)34(32(37)31(28)36)25-16-14-24(15-17-25)33(2,3)4/h9-19,21,29,35H,6-8,20H2,1-5H3/b30-28-. The predicted molar refractivity (Wildman–Crippen MR) is 154 cm³/mol. The molecule has 0 bridgehead atoms. The number of carbonyl (C=O) groups excluding carboxylic acids is 2. The normalized spacial score (nSPS) is 16.9. The number of benzene rings is 3. The summed E-state index contributed by atoms with van der Waals surface area (Å²) in [5, 5.41) is 11.4. The van der Waals surface area contributed by atoms with Crippen LogP contribution in [0.25, 0.3) is 5.76 Å². The Bertz CT molecular complexity index is 1350. The van der Waals surface area contributed by atoms with Crippen LogP contribution in [-0.2, 0) is 15.0 Å². The molecule has 3 aromatic rings. The number of ether oxygens (including phenoxy) is 2. The SMILES string of the molecule is CCCCCOc1ccc(/C(O)=C2/C(=O)C(=O)N(c3ccc(C(C)(C)C)cc3)C2c2cccc(OC)c2)cc1. The average Bonchev–Trinajstić information content (AvgIpc) is 3.20. The van der Waals surface area contributed by atoms with Crippen LogP contribution < -0.4 is 14.4 Å². The Kier molecular flexibility index (Phi) is 8.44. The van der Waals surface area contributed by atoms with Crippen molar-refractivity contribution < 1.29 is 24.2 Å². The molecule has 3 aromatic carbocycles. The van der Waals surface area contributed by atoms with Crippen LogP contribution in [0.3, 0.4) is 0 Å². The summed E-state index contributed by atoms with van der Waals surface area (Å²) in [5.41, 5.74) is 2.75. The number of hydrogen-bond acceptors (Lipinski definition) is 5. The minimum absolute atomic E-state index is 0.0322. The lowest BCUT2D eigenvalue weighted by molar-refractivity contribution is -0.132. The number of amides is 1. The molecule has 6 heteroatoms. The van der Waals surface area contributed by atoms with Gasteiger partial charge in [0.25, 0.3) is 11.7 Å². The van der Waals surface area contributed by atoms with Crippen molar-refractivity contribution in [2.45, 2.75) is 58.4 Å². The van der Waals surface area contributed by atoms with Crippen LogP contribution in [0.2, 0.25) is 0 Å². The zero-order chi connectivity index (χ0) is 28.2. The highest BCUT2D eigenvalue weighted by molar-refractivity contribution is 6.51. The van der Waals surface area contributed by atoms with Gasteiger partial charge >= 0.3 is 0 Å². The van der Waals surface area contributed by atoms with Gasteiger partial charge in [0.2, 0.25) is 0 Å². The fourth-order valence-electron chi connectivity index (χ4n) is 4.75. The number of anilines is 1. The van der Waals surface area contributed by atoms with Gasteiger partial charge in [0, 0.05) is 11.3 Å². The lowest BCUT2D eigenvalue weighted by Crippen LogP contribution is -2.29. The summed E-state index contributed by atoms with van der Waals surface area (Å²) in [6.07, 6.45) is 3.18. The van der Waals surface area contributed by atoms with Crippen molar-refractivity contribution in [1.29, 1.82) is 0 Å². The summed E-state index contributed by atoms with van der Waals surface area (Å²) in [6.45, 7) is 9.11. The zero-order valence-electron chi connectivity index (χ0n) is 23.4. The molecule has 0 radical (unpaired) electrons. The molecule has 4 rings (SSSR count). The molecule has 1 amide bonds. The van der Waals surface area contributed by atoms with Crippen molar-refractivity contribution in [3.8, 4) is 11.5 Å². The number of carbonyl (C=O) groups is 2. The summed E-state index contributed by atoms with van der Waals surface area (Å²) in [4.78, 5) is 28.4. The molecular formula is C33H37NO5. The second-order valence-corrected chi connectivity index (χ2v) is 10.8. The molecule has 6 nitrogen and oxygen atoms in total. The van der Waals surface area contributed by atoms with E-state index in [0.717, 1.165) is 24.8 Å².